The second-order valence-electron chi connectivity index (χ2n) is 5.48. The average Bonchev–Trinajstić information content (AvgIpc) is 2.56. The topological polar surface area (TPSA) is 84.5 Å². The summed E-state index contributed by atoms with van der Waals surface area (Å²) in [6.07, 6.45) is 0. The van der Waals surface area contributed by atoms with Crippen LogP contribution in [-0.2, 0) is 9.53 Å². The molecular formula is C18H16F2N2O4. The van der Waals surface area contributed by atoms with Crippen molar-refractivity contribution >= 4 is 23.6 Å². The van der Waals surface area contributed by atoms with Crippen molar-refractivity contribution in [3.63, 3.8) is 0 Å². The van der Waals surface area contributed by atoms with Crippen LogP contribution in [0, 0.1) is 25.5 Å². The molecule has 2 N–H and O–H groups in total. The third kappa shape index (κ3) is 5.10. The summed E-state index contributed by atoms with van der Waals surface area (Å²) < 4.78 is 30.7. The summed E-state index contributed by atoms with van der Waals surface area (Å²) in [5, 5.41) is 4.50. The Balaban J connectivity index is 1.87. The summed E-state index contributed by atoms with van der Waals surface area (Å²) in [5.41, 5.74) is 1.96. The zero-order valence-corrected chi connectivity index (χ0v) is 14.1. The molecule has 0 radical (unpaired) electrons. The van der Waals surface area contributed by atoms with Crippen molar-refractivity contribution in [3.8, 4) is 0 Å². The van der Waals surface area contributed by atoms with Gasteiger partial charge in [0.2, 0.25) is 0 Å². The third-order valence-corrected chi connectivity index (χ3v) is 3.54. The second-order valence-corrected chi connectivity index (χ2v) is 5.48. The van der Waals surface area contributed by atoms with Gasteiger partial charge in [0.25, 0.3) is 5.91 Å². The zero-order chi connectivity index (χ0) is 19.3. The lowest BCUT2D eigenvalue weighted by molar-refractivity contribution is -0.123. The monoisotopic (exact) mass is 362 g/mol. The first-order valence-electron chi connectivity index (χ1n) is 7.56. The molecule has 0 aromatic heterocycles. The number of anilines is 1. The van der Waals surface area contributed by atoms with E-state index in [9.17, 15) is 23.2 Å². The number of halogens is 2. The summed E-state index contributed by atoms with van der Waals surface area (Å²) in [7, 11) is 0. The lowest BCUT2D eigenvalue weighted by atomic mass is 10.1. The first-order valence-corrected chi connectivity index (χ1v) is 7.56. The molecular weight excluding hydrogens is 346 g/mol. The van der Waals surface area contributed by atoms with E-state index < -0.39 is 36.1 Å². The minimum absolute atomic E-state index is 0.380. The molecule has 3 amide bonds. The van der Waals surface area contributed by atoms with Crippen LogP contribution >= 0.6 is 0 Å². The van der Waals surface area contributed by atoms with Crippen LogP contribution in [0.5, 0.6) is 0 Å². The molecule has 0 spiro atoms. The maximum absolute atomic E-state index is 13.0. The SMILES string of the molecule is Cc1cccc(NC(=O)NC(=O)COC(=O)c2cc(F)cc(F)c2)c1C. The Bertz CT molecular complexity index is 848. The molecule has 0 unspecified atom stereocenters. The van der Waals surface area contributed by atoms with Gasteiger partial charge in [0, 0.05) is 11.8 Å². The molecule has 6 nitrogen and oxygen atoms in total. The molecule has 8 heteroatoms. The number of benzene rings is 2. The molecule has 0 aliphatic rings. The maximum atomic E-state index is 13.0. The molecule has 0 heterocycles. The standard InChI is InChI=1S/C18H16F2N2O4/c1-10-4-3-5-15(11(10)2)21-18(25)22-16(23)9-26-17(24)12-6-13(19)8-14(20)7-12/h3-8H,9H2,1-2H3,(H2,21,22,23,25). The van der Waals surface area contributed by atoms with Crippen LogP contribution < -0.4 is 10.6 Å². The Labute approximate surface area is 148 Å². The van der Waals surface area contributed by atoms with Crippen LogP contribution in [0.2, 0.25) is 0 Å². The van der Waals surface area contributed by atoms with E-state index in [1.165, 1.54) is 0 Å². The largest absolute Gasteiger partial charge is 0.452 e. The first kappa shape index (κ1) is 19.0. The minimum Gasteiger partial charge on any atom is -0.452 e. The molecule has 0 aliphatic heterocycles. The van der Waals surface area contributed by atoms with Gasteiger partial charge in [-0.3, -0.25) is 10.1 Å². The van der Waals surface area contributed by atoms with Gasteiger partial charge in [-0.25, -0.2) is 18.4 Å². The number of ether oxygens (including phenoxy) is 1. The highest BCUT2D eigenvalue weighted by Gasteiger charge is 2.15. The van der Waals surface area contributed by atoms with E-state index in [2.05, 4.69) is 10.1 Å². The molecule has 26 heavy (non-hydrogen) atoms. The van der Waals surface area contributed by atoms with Crippen LogP contribution in [0.4, 0.5) is 19.3 Å². The quantitative estimate of drug-likeness (QED) is 0.819. The van der Waals surface area contributed by atoms with E-state index in [0.717, 1.165) is 23.3 Å². The summed E-state index contributed by atoms with van der Waals surface area (Å²) in [4.78, 5) is 35.2. The lowest BCUT2D eigenvalue weighted by Gasteiger charge is -2.11. The Hall–Kier alpha value is -3.29. The third-order valence-electron chi connectivity index (χ3n) is 3.54. The number of carbonyl (C=O) groups excluding carboxylic acids is 3. The number of urea groups is 1. The number of aryl methyl sites for hydroxylation is 1. The molecule has 2 aromatic carbocycles. The summed E-state index contributed by atoms with van der Waals surface area (Å²) >= 11 is 0. The van der Waals surface area contributed by atoms with Gasteiger partial charge in [0.1, 0.15) is 11.6 Å². The number of carbonyl (C=O) groups is 3. The van der Waals surface area contributed by atoms with Gasteiger partial charge in [0.05, 0.1) is 5.56 Å². The van der Waals surface area contributed by atoms with E-state index >= 15 is 0 Å². The van der Waals surface area contributed by atoms with Gasteiger partial charge >= 0.3 is 12.0 Å². The van der Waals surface area contributed by atoms with Crippen molar-refractivity contribution in [1.82, 2.24) is 5.32 Å². The van der Waals surface area contributed by atoms with Crippen molar-refractivity contribution < 1.29 is 27.9 Å². The maximum Gasteiger partial charge on any atom is 0.338 e. The molecule has 2 rings (SSSR count). The van der Waals surface area contributed by atoms with Gasteiger partial charge in [-0.05, 0) is 43.2 Å². The van der Waals surface area contributed by atoms with Crippen molar-refractivity contribution in [3.05, 3.63) is 64.7 Å². The lowest BCUT2D eigenvalue weighted by Crippen LogP contribution is -2.37. The molecule has 0 saturated carbocycles. The van der Waals surface area contributed by atoms with Gasteiger partial charge in [-0.2, -0.15) is 0 Å². The second kappa shape index (κ2) is 8.19. The Morgan fingerprint density at radius 2 is 1.69 bits per heavy atom. The van der Waals surface area contributed by atoms with Crippen molar-refractivity contribution in [1.29, 1.82) is 0 Å². The van der Waals surface area contributed by atoms with Crippen molar-refractivity contribution in [2.75, 3.05) is 11.9 Å². The summed E-state index contributed by atoms with van der Waals surface area (Å²) in [6.45, 7) is 2.90. The Kier molecular flexibility index (Phi) is 6.00. The predicted molar refractivity (Wildman–Crippen MR) is 89.7 cm³/mol. The average molecular weight is 362 g/mol. The van der Waals surface area contributed by atoms with Gasteiger partial charge in [-0.15, -0.1) is 0 Å². The van der Waals surface area contributed by atoms with E-state index in [4.69, 9.17) is 0 Å². The molecule has 136 valence electrons. The highest BCUT2D eigenvalue weighted by Crippen LogP contribution is 2.17. The van der Waals surface area contributed by atoms with Gasteiger partial charge in [-0.1, -0.05) is 12.1 Å². The fourth-order valence-corrected chi connectivity index (χ4v) is 2.09. The summed E-state index contributed by atoms with van der Waals surface area (Å²) in [5.74, 6) is -3.88. The van der Waals surface area contributed by atoms with Crippen LogP contribution in [0.3, 0.4) is 0 Å². The fourth-order valence-electron chi connectivity index (χ4n) is 2.09. The highest BCUT2D eigenvalue weighted by molar-refractivity contribution is 6.02. The number of nitrogens with one attached hydrogen (secondary N) is 2. The number of hydrogen-bond acceptors (Lipinski definition) is 4. The number of imide groups is 1. The van der Waals surface area contributed by atoms with E-state index in [-0.39, 0.29) is 5.56 Å². The molecule has 0 bridgehead atoms. The Morgan fingerprint density at radius 3 is 2.35 bits per heavy atom. The first-order chi connectivity index (χ1) is 12.3. The van der Waals surface area contributed by atoms with Crippen molar-refractivity contribution in [2.24, 2.45) is 0 Å². The normalized spacial score (nSPS) is 10.2. The van der Waals surface area contributed by atoms with Crippen molar-refractivity contribution in [2.45, 2.75) is 13.8 Å². The van der Waals surface area contributed by atoms with E-state index in [1.54, 1.807) is 12.1 Å². The Morgan fingerprint density at radius 1 is 1.04 bits per heavy atom. The van der Waals surface area contributed by atoms with E-state index in [0.29, 0.717) is 11.8 Å². The molecule has 0 saturated heterocycles. The van der Waals surface area contributed by atoms with Crippen LogP contribution in [0.25, 0.3) is 0 Å². The molecule has 0 fully saturated rings. The van der Waals surface area contributed by atoms with Crippen LogP contribution in [0.1, 0.15) is 21.5 Å². The molecule has 2 aromatic rings. The number of rotatable bonds is 4. The van der Waals surface area contributed by atoms with Gasteiger partial charge < -0.3 is 10.1 Å². The van der Waals surface area contributed by atoms with Gasteiger partial charge in [0.15, 0.2) is 6.61 Å². The highest BCUT2D eigenvalue weighted by atomic mass is 19.1. The molecule has 0 atom stereocenters. The fraction of sp³-hybridized carbons (Fsp3) is 0.167. The molecule has 0 aliphatic carbocycles. The number of esters is 1. The summed E-state index contributed by atoms with van der Waals surface area (Å²) in [6, 6.07) is 6.65. The number of amides is 3. The van der Waals surface area contributed by atoms with Crippen LogP contribution in [-0.4, -0.2) is 24.5 Å². The smallest absolute Gasteiger partial charge is 0.338 e. The predicted octanol–water partition coefficient (Wildman–Crippen LogP) is 3.09. The number of hydrogen-bond donors (Lipinski definition) is 2. The minimum atomic E-state index is -1.09. The van der Waals surface area contributed by atoms with Crippen LogP contribution in [0.15, 0.2) is 36.4 Å². The zero-order valence-electron chi connectivity index (χ0n) is 14.1. The van der Waals surface area contributed by atoms with E-state index in [1.807, 2.05) is 25.2 Å².